The van der Waals surface area contributed by atoms with Gasteiger partial charge in [-0.15, -0.1) is 0 Å². The zero-order chi connectivity index (χ0) is 23.9. The van der Waals surface area contributed by atoms with E-state index >= 15 is 0 Å². The van der Waals surface area contributed by atoms with Crippen LogP contribution in [0.1, 0.15) is 68.1 Å². The minimum atomic E-state index is -0.253. The van der Waals surface area contributed by atoms with Gasteiger partial charge in [0.1, 0.15) is 5.82 Å². The Morgan fingerprint density at radius 1 is 1.26 bits per heavy atom. The molecular formula is C29H35FN2O2. The average molecular weight is 463 g/mol. The molecule has 180 valence electrons. The van der Waals surface area contributed by atoms with Crippen LogP contribution in [0.4, 0.5) is 10.1 Å². The number of carbonyl (C=O) groups excluding carboxylic acids is 1. The third kappa shape index (κ3) is 4.03. The third-order valence-corrected chi connectivity index (χ3v) is 8.85. The molecule has 1 saturated carbocycles. The van der Waals surface area contributed by atoms with Crippen LogP contribution < -0.4 is 4.90 Å². The van der Waals surface area contributed by atoms with Crippen molar-refractivity contribution in [3.8, 4) is 0 Å². The Balaban J connectivity index is 1.31. The van der Waals surface area contributed by atoms with E-state index in [0.717, 1.165) is 37.8 Å². The molecule has 1 aromatic heterocycles. The molecule has 1 fully saturated rings. The summed E-state index contributed by atoms with van der Waals surface area (Å²) in [5.41, 5.74) is 6.62. The van der Waals surface area contributed by atoms with Gasteiger partial charge in [-0.3, -0.25) is 9.78 Å². The highest BCUT2D eigenvalue weighted by atomic mass is 19.1. The molecule has 3 aliphatic rings. The van der Waals surface area contributed by atoms with Gasteiger partial charge in [0.2, 0.25) is 0 Å². The van der Waals surface area contributed by atoms with Crippen LogP contribution in [0.15, 0.2) is 42.7 Å². The number of anilines is 1. The van der Waals surface area contributed by atoms with Crippen molar-refractivity contribution in [1.82, 2.24) is 4.98 Å². The number of fused-ring (bicyclic) bond motifs is 5. The zero-order valence-corrected chi connectivity index (χ0v) is 20.5. The van der Waals surface area contributed by atoms with Gasteiger partial charge in [-0.05, 0) is 102 Å². The molecule has 3 unspecified atom stereocenters. The SMILES string of the molecule is COC(=O)CCCN(C)c1ccc2c(c1)CCC1C2CC[C@]2(C)C(c3cncc(F)c3)=CCC12. The smallest absolute Gasteiger partial charge is 0.305 e. The number of benzene rings is 1. The summed E-state index contributed by atoms with van der Waals surface area (Å²) in [5, 5.41) is 0. The van der Waals surface area contributed by atoms with Crippen molar-refractivity contribution in [1.29, 1.82) is 0 Å². The van der Waals surface area contributed by atoms with E-state index in [0.29, 0.717) is 24.2 Å². The molecular weight excluding hydrogens is 427 g/mol. The average Bonchev–Trinajstić information content (AvgIpc) is 3.20. The topological polar surface area (TPSA) is 42.4 Å². The fourth-order valence-electron chi connectivity index (χ4n) is 7.07. The van der Waals surface area contributed by atoms with Crippen LogP contribution in [0, 0.1) is 23.1 Å². The monoisotopic (exact) mass is 462 g/mol. The number of aryl methyl sites for hydroxylation is 1. The van der Waals surface area contributed by atoms with Crippen molar-refractivity contribution in [3.05, 3.63) is 65.2 Å². The number of rotatable bonds is 6. The van der Waals surface area contributed by atoms with Crippen LogP contribution >= 0.6 is 0 Å². The summed E-state index contributed by atoms with van der Waals surface area (Å²) in [7, 11) is 3.54. The largest absolute Gasteiger partial charge is 0.469 e. The predicted molar refractivity (Wildman–Crippen MR) is 133 cm³/mol. The lowest BCUT2D eigenvalue weighted by Gasteiger charge is -2.50. The summed E-state index contributed by atoms with van der Waals surface area (Å²) >= 11 is 0. The zero-order valence-electron chi connectivity index (χ0n) is 20.5. The molecule has 4 nitrogen and oxygen atoms in total. The minimum Gasteiger partial charge on any atom is -0.469 e. The Bertz CT molecular complexity index is 1110. The van der Waals surface area contributed by atoms with Crippen LogP contribution in [0.2, 0.25) is 0 Å². The summed E-state index contributed by atoms with van der Waals surface area (Å²) in [4.78, 5) is 17.8. The maximum Gasteiger partial charge on any atom is 0.305 e. The quantitative estimate of drug-likeness (QED) is 0.482. The van der Waals surface area contributed by atoms with Crippen LogP contribution in [-0.2, 0) is 16.0 Å². The highest BCUT2D eigenvalue weighted by molar-refractivity contribution is 5.72. The molecule has 0 N–H and O–H groups in total. The van der Waals surface area contributed by atoms with Crippen molar-refractivity contribution >= 4 is 17.2 Å². The molecule has 0 radical (unpaired) electrons. The fraction of sp³-hybridized carbons (Fsp3) is 0.517. The molecule has 4 atom stereocenters. The van der Waals surface area contributed by atoms with Crippen molar-refractivity contribution in [3.63, 3.8) is 0 Å². The number of hydrogen-bond acceptors (Lipinski definition) is 4. The number of allylic oxidation sites excluding steroid dienone is 2. The molecule has 2 aromatic rings. The van der Waals surface area contributed by atoms with E-state index in [4.69, 9.17) is 4.74 Å². The first-order valence-corrected chi connectivity index (χ1v) is 12.6. The van der Waals surface area contributed by atoms with Crippen molar-refractivity contribution in [2.75, 3.05) is 25.6 Å². The van der Waals surface area contributed by atoms with Gasteiger partial charge in [0.05, 0.1) is 13.3 Å². The lowest BCUT2D eigenvalue weighted by Crippen LogP contribution is -2.41. The van der Waals surface area contributed by atoms with Crippen molar-refractivity contribution < 1.29 is 13.9 Å². The van der Waals surface area contributed by atoms with Gasteiger partial charge in [-0.1, -0.05) is 19.1 Å². The van der Waals surface area contributed by atoms with Gasteiger partial charge in [0.25, 0.3) is 0 Å². The van der Waals surface area contributed by atoms with E-state index in [1.54, 1.807) is 6.07 Å². The number of pyridine rings is 1. The Morgan fingerprint density at radius 2 is 2.12 bits per heavy atom. The minimum absolute atomic E-state index is 0.105. The Labute approximate surface area is 202 Å². The molecule has 0 bridgehead atoms. The molecule has 0 amide bonds. The fourth-order valence-corrected chi connectivity index (χ4v) is 7.07. The van der Waals surface area contributed by atoms with Gasteiger partial charge in [0, 0.05) is 31.9 Å². The third-order valence-electron chi connectivity index (χ3n) is 8.85. The summed E-state index contributed by atoms with van der Waals surface area (Å²) in [5.74, 6) is 1.49. The van der Waals surface area contributed by atoms with E-state index in [1.807, 2.05) is 6.20 Å². The Hall–Kier alpha value is -2.69. The maximum absolute atomic E-state index is 13.9. The summed E-state index contributed by atoms with van der Waals surface area (Å²) in [6.07, 6.45) is 12.5. The summed E-state index contributed by atoms with van der Waals surface area (Å²) in [6.45, 7) is 3.24. The highest BCUT2D eigenvalue weighted by Crippen LogP contribution is 2.63. The normalized spacial score (nSPS) is 27.3. The molecule has 3 aliphatic carbocycles. The number of esters is 1. The molecule has 0 saturated heterocycles. The second kappa shape index (κ2) is 9.16. The van der Waals surface area contributed by atoms with Gasteiger partial charge in [-0.25, -0.2) is 4.39 Å². The number of aromatic nitrogens is 1. The van der Waals surface area contributed by atoms with Crippen LogP contribution in [0.25, 0.3) is 5.57 Å². The van der Waals surface area contributed by atoms with Gasteiger partial charge >= 0.3 is 5.97 Å². The maximum atomic E-state index is 13.9. The summed E-state index contributed by atoms with van der Waals surface area (Å²) < 4.78 is 18.7. The number of ether oxygens (including phenoxy) is 1. The summed E-state index contributed by atoms with van der Waals surface area (Å²) in [6, 6.07) is 8.64. The first-order chi connectivity index (χ1) is 16.4. The Kier molecular flexibility index (Phi) is 6.22. The second-order valence-electron chi connectivity index (χ2n) is 10.6. The van der Waals surface area contributed by atoms with Gasteiger partial charge < -0.3 is 9.64 Å². The van der Waals surface area contributed by atoms with E-state index in [9.17, 15) is 9.18 Å². The van der Waals surface area contributed by atoms with Crippen LogP contribution in [0.3, 0.4) is 0 Å². The first kappa shape index (κ1) is 23.1. The molecule has 0 spiro atoms. The number of nitrogens with zero attached hydrogens (tertiary/aromatic N) is 2. The number of halogens is 1. The standard InChI is InChI=1S/C29H35FN2O2/c1-29-13-12-24-23-9-7-22(32(2)14-4-5-28(33)34-3)16-19(23)6-8-25(24)27(29)11-10-26(29)20-15-21(30)18-31-17-20/h7,9-10,15-18,24-25,27H,4-6,8,11-14H2,1-3H3/t24?,25?,27?,29-/m1/s1. The van der Waals surface area contributed by atoms with Gasteiger partial charge in [0.15, 0.2) is 0 Å². The lowest BCUT2D eigenvalue weighted by molar-refractivity contribution is -0.140. The molecule has 5 heteroatoms. The number of carbonyl (C=O) groups is 1. The lowest BCUT2D eigenvalue weighted by atomic mass is 9.54. The molecule has 1 aromatic carbocycles. The second-order valence-corrected chi connectivity index (χ2v) is 10.6. The first-order valence-electron chi connectivity index (χ1n) is 12.6. The van der Waals surface area contributed by atoms with E-state index < -0.39 is 0 Å². The van der Waals surface area contributed by atoms with E-state index in [2.05, 4.69) is 48.1 Å². The number of methoxy groups -OCH3 is 1. The highest BCUT2D eigenvalue weighted by Gasteiger charge is 2.51. The molecule has 5 rings (SSSR count). The van der Waals surface area contributed by atoms with Crippen LogP contribution in [-0.4, -0.2) is 31.7 Å². The molecule has 0 aliphatic heterocycles. The van der Waals surface area contributed by atoms with Crippen molar-refractivity contribution in [2.24, 2.45) is 17.3 Å². The molecule has 34 heavy (non-hydrogen) atoms. The van der Waals surface area contributed by atoms with E-state index in [-0.39, 0.29) is 17.2 Å². The number of hydrogen-bond donors (Lipinski definition) is 0. The molecule has 1 heterocycles. The van der Waals surface area contributed by atoms with Crippen LogP contribution in [0.5, 0.6) is 0 Å². The Morgan fingerprint density at radius 3 is 2.91 bits per heavy atom. The predicted octanol–water partition coefficient (Wildman–Crippen LogP) is 6.16. The van der Waals surface area contributed by atoms with E-state index in [1.165, 1.54) is 48.5 Å². The van der Waals surface area contributed by atoms with Gasteiger partial charge in [-0.2, -0.15) is 0 Å². The van der Waals surface area contributed by atoms with Crippen molar-refractivity contribution in [2.45, 2.75) is 57.8 Å².